The van der Waals surface area contributed by atoms with Crippen LogP contribution in [0.4, 0.5) is 10.1 Å². The number of amides is 2. The maximum atomic E-state index is 13.2. The number of nitrogens with one attached hydrogen (secondary N) is 2. The van der Waals surface area contributed by atoms with Gasteiger partial charge in [-0.05, 0) is 55.1 Å². The molecule has 30 heavy (non-hydrogen) atoms. The Morgan fingerprint density at radius 1 is 1.10 bits per heavy atom. The smallest absolute Gasteiger partial charge is 0.234 e. The van der Waals surface area contributed by atoms with E-state index in [4.69, 9.17) is 0 Å². The Morgan fingerprint density at radius 3 is 2.47 bits per heavy atom. The number of halogens is 1. The van der Waals surface area contributed by atoms with E-state index < -0.39 is 0 Å². The minimum absolute atomic E-state index is 0.00215. The van der Waals surface area contributed by atoms with Crippen LogP contribution < -0.4 is 10.6 Å². The molecule has 0 radical (unpaired) electrons. The van der Waals surface area contributed by atoms with Gasteiger partial charge in [0.2, 0.25) is 11.8 Å². The molecule has 0 aromatic heterocycles. The number of likely N-dealkylation sites (tertiary alicyclic amines) is 1. The number of rotatable bonds is 7. The fraction of sp³-hybridized carbons (Fsp3) is 0.417. The zero-order valence-corrected chi connectivity index (χ0v) is 17.6. The molecule has 0 spiro atoms. The molecule has 2 N–H and O–H groups in total. The van der Waals surface area contributed by atoms with Crippen LogP contribution in [0, 0.1) is 17.7 Å². The third-order valence-corrected chi connectivity index (χ3v) is 5.50. The number of anilines is 1. The van der Waals surface area contributed by atoms with Gasteiger partial charge in [0.15, 0.2) is 0 Å². The second kappa shape index (κ2) is 10.3. The van der Waals surface area contributed by atoms with Gasteiger partial charge in [0.05, 0.1) is 18.5 Å². The Labute approximate surface area is 177 Å². The minimum Gasteiger partial charge on any atom is -0.348 e. The molecule has 160 valence electrons. The number of piperidine rings is 1. The second-order valence-electron chi connectivity index (χ2n) is 8.27. The average molecular weight is 412 g/mol. The predicted molar refractivity (Wildman–Crippen MR) is 116 cm³/mol. The van der Waals surface area contributed by atoms with Gasteiger partial charge < -0.3 is 10.6 Å². The van der Waals surface area contributed by atoms with Gasteiger partial charge >= 0.3 is 0 Å². The van der Waals surface area contributed by atoms with Crippen LogP contribution in [0.25, 0.3) is 0 Å². The molecule has 2 aromatic rings. The predicted octanol–water partition coefficient (Wildman–Crippen LogP) is 3.99. The Kier molecular flexibility index (Phi) is 7.57. The van der Waals surface area contributed by atoms with E-state index in [9.17, 15) is 14.0 Å². The molecular formula is C24H30FN3O2. The van der Waals surface area contributed by atoms with Crippen LogP contribution >= 0.6 is 0 Å². The lowest BCUT2D eigenvalue weighted by molar-refractivity contribution is -0.126. The Morgan fingerprint density at radius 2 is 1.80 bits per heavy atom. The normalized spacial score (nSPS) is 18.1. The zero-order chi connectivity index (χ0) is 21.5. The number of carbonyl (C=O) groups excluding carboxylic acids is 2. The van der Waals surface area contributed by atoms with E-state index in [1.807, 2.05) is 49.1 Å². The summed E-state index contributed by atoms with van der Waals surface area (Å²) in [6, 6.07) is 15.5. The lowest BCUT2D eigenvalue weighted by Gasteiger charge is -2.32. The molecule has 1 heterocycles. The van der Waals surface area contributed by atoms with Gasteiger partial charge in [-0.3, -0.25) is 14.5 Å². The van der Waals surface area contributed by atoms with Gasteiger partial charge in [-0.25, -0.2) is 4.39 Å². The molecule has 1 aliphatic heterocycles. The van der Waals surface area contributed by atoms with Crippen LogP contribution in [-0.4, -0.2) is 36.3 Å². The van der Waals surface area contributed by atoms with E-state index >= 15 is 0 Å². The Hall–Kier alpha value is -2.73. The lowest BCUT2D eigenvalue weighted by Crippen LogP contribution is -2.46. The Balaban J connectivity index is 1.55. The second-order valence-corrected chi connectivity index (χ2v) is 8.27. The molecule has 1 aliphatic rings. The summed E-state index contributed by atoms with van der Waals surface area (Å²) in [4.78, 5) is 27.4. The van der Waals surface area contributed by atoms with Crippen LogP contribution in [0.2, 0.25) is 0 Å². The first-order valence-electron chi connectivity index (χ1n) is 10.6. The van der Waals surface area contributed by atoms with Crippen molar-refractivity contribution in [1.82, 2.24) is 10.2 Å². The van der Waals surface area contributed by atoms with Crippen molar-refractivity contribution < 1.29 is 14.0 Å². The molecule has 0 bridgehead atoms. The van der Waals surface area contributed by atoms with E-state index in [2.05, 4.69) is 10.6 Å². The van der Waals surface area contributed by atoms with Gasteiger partial charge in [0, 0.05) is 12.2 Å². The van der Waals surface area contributed by atoms with Crippen molar-refractivity contribution in [2.45, 2.75) is 32.7 Å². The third-order valence-electron chi connectivity index (χ3n) is 5.50. The minimum atomic E-state index is -0.291. The molecule has 1 fully saturated rings. The van der Waals surface area contributed by atoms with Crippen molar-refractivity contribution in [1.29, 1.82) is 0 Å². The lowest BCUT2D eigenvalue weighted by atomic mass is 9.95. The van der Waals surface area contributed by atoms with E-state index in [0.29, 0.717) is 6.54 Å². The molecule has 1 saturated heterocycles. The van der Waals surface area contributed by atoms with Gasteiger partial charge in [-0.15, -0.1) is 0 Å². The topological polar surface area (TPSA) is 61.4 Å². The van der Waals surface area contributed by atoms with Crippen LogP contribution in [0.5, 0.6) is 0 Å². The fourth-order valence-corrected chi connectivity index (χ4v) is 3.91. The first-order chi connectivity index (χ1) is 14.4. The summed E-state index contributed by atoms with van der Waals surface area (Å²) >= 11 is 0. The van der Waals surface area contributed by atoms with Crippen LogP contribution in [-0.2, 0) is 9.59 Å². The number of carbonyl (C=O) groups is 2. The SMILES string of the molecule is CC(C)[C@@H](NC(=O)CN1CCC[C@H](C(=O)Nc2ccccc2)C1)c1ccc(F)cc1. The molecule has 0 aliphatic carbocycles. The van der Waals surface area contributed by atoms with Crippen molar-refractivity contribution in [2.24, 2.45) is 11.8 Å². The quantitative estimate of drug-likeness (QED) is 0.724. The summed E-state index contributed by atoms with van der Waals surface area (Å²) in [6.45, 7) is 5.66. The maximum absolute atomic E-state index is 13.2. The third kappa shape index (κ3) is 6.13. The zero-order valence-electron chi connectivity index (χ0n) is 17.6. The summed E-state index contributed by atoms with van der Waals surface area (Å²) in [5, 5.41) is 6.04. The molecule has 6 heteroatoms. The summed E-state index contributed by atoms with van der Waals surface area (Å²) in [5.74, 6) is -0.338. The fourth-order valence-electron chi connectivity index (χ4n) is 3.91. The van der Waals surface area contributed by atoms with Gasteiger partial charge in [0.25, 0.3) is 0 Å². The Bertz CT molecular complexity index is 839. The average Bonchev–Trinajstić information content (AvgIpc) is 2.73. The summed E-state index contributed by atoms with van der Waals surface area (Å²) in [6.07, 6.45) is 1.70. The highest BCUT2D eigenvalue weighted by molar-refractivity contribution is 5.92. The summed E-state index contributed by atoms with van der Waals surface area (Å²) < 4.78 is 13.2. The number of hydrogen-bond acceptors (Lipinski definition) is 3. The van der Waals surface area contributed by atoms with Crippen molar-refractivity contribution >= 4 is 17.5 Å². The highest BCUT2D eigenvalue weighted by Gasteiger charge is 2.28. The molecule has 5 nitrogen and oxygen atoms in total. The van der Waals surface area contributed by atoms with E-state index in [1.165, 1.54) is 12.1 Å². The van der Waals surface area contributed by atoms with Crippen LogP contribution in [0.1, 0.15) is 38.3 Å². The standard InChI is InChI=1S/C24H30FN3O2/c1-17(2)23(18-10-12-20(25)13-11-18)27-22(29)16-28-14-6-7-19(15-28)24(30)26-21-8-4-3-5-9-21/h3-5,8-13,17,19,23H,6-7,14-16H2,1-2H3,(H,26,30)(H,27,29)/t19-,23+/m0/s1. The first kappa shape index (κ1) is 22.0. The van der Waals surface area contributed by atoms with Crippen molar-refractivity contribution in [3.63, 3.8) is 0 Å². The molecule has 2 aromatic carbocycles. The van der Waals surface area contributed by atoms with Gasteiger partial charge in [-0.2, -0.15) is 0 Å². The van der Waals surface area contributed by atoms with Gasteiger partial charge in [0.1, 0.15) is 5.82 Å². The maximum Gasteiger partial charge on any atom is 0.234 e. The van der Waals surface area contributed by atoms with Crippen LogP contribution in [0.15, 0.2) is 54.6 Å². The van der Waals surface area contributed by atoms with Crippen molar-refractivity contribution in [3.8, 4) is 0 Å². The van der Waals surface area contributed by atoms with Crippen LogP contribution in [0.3, 0.4) is 0 Å². The number of para-hydroxylation sites is 1. The molecule has 0 unspecified atom stereocenters. The summed E-state index contributed by atoms with van der Waals surface area (Å²) in [7, 11) is 0. The number of hydrogen-bond donors (Lipinski definition) is 2. The van der Waals surface area contributed by atoms with E-state index in [0.717, 1.165) is 30.6 Å². The highest BCUT2D eigenvalue weighted by Crippen LogP contribution is 2.23. The molecular weight excluding hydrogens is 381 g/mol. The molecule has 2 amide bonds. The molecule has 0 saturated carbocycles. The largest absolute Gasteiger partial charge is 0.348 e. The van der Waals surface area contributed by atoms with E-state index in [1.54, 1.807) is 12.1 Å². The first-order valence-corrected chi connectivity index (χ1v) is 10.6. The molecule has 2 atom stereocenters. The van der Waals surface area contributed by atoms with E-state index in [-0.39, 0.29) is 42.1 Å². The number of benzene rings is 2. The summed E-state index contributed by atoms with van der Waals surface area (Å²) in [5.41, 5.74) is 1.68. The highest BCUT2D eigenvalue weighted by atomic mass is 19.1. The monoisotopic (exact) mass is 411 g/mol. The van der Waals surface area contributed by atoms with Crippen molar-refractivity contribution in [2.75, 3.05) is 25.0 Å². The van der Waals surface area contributed by atoms with Gasteiger partial charge in [-0.1, -0.05) is 44.2 Å². The number of nitrogens with zero attached hydrogens (tertiary/aromatic N) is 1. The molecule has 3 rings (SSSR count). The van der Waals surface area contributed by atoms with Crippen molar-refractivity contribution in [3.05, 3.63) is 66.0 Å².